The van der Waals surface area contributed by atoms with Crippen molar-refractivity contribution in [1.29, 1.82) is 0 Å². The van der Waals surface area contributed by atoms with Gasteiger partial charge < -0.3 is 34.3 Å². The molecule has 0 aliphatic carbocycles. The molecule has 2 aliphatic rings. The lowest BCUT2D eigenvalue weighted by molar-refractivity contribution is -0.0443. The predicted octanol–water partition coefficient (Wildman–Crippen LogP) is 5.34. The first kappa shape index (κ1) is 27.9. The van der Waals surface area contributed by atoms with Crippen LogP contribution in [0.25, 0.3) is 16.9 Å². The Kier molecular flexibility index (Phi) is 7.38. The van der Waals surface area contributed by atoms with Gasteiger partial charge in [0.15, 0.2) is 29.2 Å². The maximum Gasteiger partial charge on any atom is 0.356 e. The summed E-state index contributed by atoms with van der Waals surface area (Å²) in [5.41, 5.74) is 4.67. The molecular weight excluding hydrogens is 588 g/mol. The first-order valence-electron chi connectivity index (χ1n) is 13.9. The van der Waals surface area contributed by atoms with Crippen LogP contribution in [0.4, 0.5) is 17.2 Å². The van der Waals surface area contributed by atoms with Gasteiger partial charge in [-0.05, 0) is 29.8 Å². The summed E-state index contributed by atoms with van der Waals surface area (Å²) in [5, 5.41) is 18.2. The van der Waals surface area contributed by atoms with Gasteiger partial charge in [-0.1, -0.05) is 41.9 Å². The molecule has 13 heteroatoms. The number of benzene rings is 2. The fraction of sp³-hybridized carbons (Fsp3) is 0.226. The number of carboxylic acids is 1. The van der Waals surface area contributed by atoms with Gasteiger partial charge in [-0.2, -0.15) is 0 Å². The molecule has 0 spiro atoms. The molecule has 1 fully saturated rings. The van der Waals surface area contributed by atoms with Gasteiger partial charge in [0.05, 0.1) is 49.5 Å². The zero-order valence-corrected chi connectivity index (χ0v) is 24.3. The molecule has 0 atom stereocenters. The smallest absolute Gasteiger partial charge is 0.356 e. The quantitative estimate of drug-likeness (QED) is 0.235. The Morgan fingerprint density at radius 1 is 1.07 bits per heavy atom. The van der Waals surface area contributed by atoms with Crippen molar-refractivity contribution in [2.75, 3.05) is 43.7 Å². The molecule has 7 rings (SSSR count). The molecule has 2 aliphatic heterocycles. The van der Waals surface area contributed by atoms with Crippen molar-refractivity contribution >= 4 is 40.4 Å². The number of anilines is 3. The van der Waals surface area contributed by atoms with E-state index in [2.05, 4.69) is 25.3 Å². The molecular formula is C31H27ClN6O6. The minimum atomic E-state index is -1.16. The topological polar surface area (TPSA) is 133 Å². The number of fused-ring (bicyclic) bond motifs is 3. The molecule has 0 radical (unpaired) electrons. The second kappa shape index (κ2) is 11.6. The second-order valence-electron chi connectivity index (χ2n) is 10.2. The van der Waals surface area contributed by atoms with E-state index < -0.39 is 12.3 Å². The monoisotopic (exact) mass is 614 g/mol. The van der Waals surface area contributed by atoms with E-state index in [1.807, 2.05) is 54.6 Å². The average molecular weight is 615 g/mol. The predicted molar refractivity (Wildman–Crippen MR) is 162 cm³/mol. The number of pyridine rings is 1. The summed E-state index contributed by atoms with van der Waals surface area (Å²) < 4.78 is 23.9. The Hall–Kier alpha value is -4.91. The van der Waals surface area contributed by atoms with Crippen LogP contribution in [0, 0.1) is 0 Å². The number of nitrogens with one attached hydrogen (secondary N) is 1. The highest BCUT2D eigenvalue weighted by Crippen LogP contribution is 2.43. The van der Waals surface area contributed by atoms with Crippen LogP contribution in [-0.2, 0) is 16.0 Å². The third-order valence-electron chi connectivity index (χ3n) is 7.46. The number of carboxylic acid groups (broad SMARTS) is 1. The molecule has 12 nitrogen and oxygen atoms in total. The normalized spacial score (nSPS) is 14.8. The van der Waals surface area contributed by atoms with Crippen molar-refractivity contribution in [3.8, 4) is 22.8 Å². The van der Waals surface area contributed by atoms with Crippen LogP contribution in [0.2, 0.25) is 5.02 Å². The zero-order valence-electron chi connectivity index (χ0n) is 23.6. The van der Waals surface area contributed by atoms with Crippen LogP contribution in [0.3, 0.4) is 0 Å². The number of carbonyl (C=O) groups is 1. The summed E-state index contributed by atoms with van der Waals surface area (Å²) in [7, 11) is 1.62. The molecule has 0 unspecified atom stereocenters. The fourth-order valence-corrected chi connectivity index (χ4v) is 5.57. The summed E-state index contributed by atoms with van der Waals surface area (Å²) in [6.07, 6.45) is 2.58. The maximum atomic E-state index is 12.1. The van der Waals surface area contributed by atoms with E-state index in [9.17, 15) is 9.90 Å². The van der Waals surface area contributed by atoms with E-state index in [4.69, 9.17) is 30.5 Å². The van der Waals surface area contributed by atoms with Gasteiger partial charge >= 0.3 is 5.97 Å². The minimum absolute atomic E-state index is 0.0832. The molecule has 2 N–H and O–H groups in total. The molecule has 0 amide bonds. The van der Waals surface area contributed by atoms with E-state index in [0.29, 0.717) is 77.8 Å². The standard InChI is InChI=1S/C31H27ClN6O6/c1-41-20-8-5-18(6-9-20)17-37-11-12-42-27-26(37)29-34-16-24(30(39)40)38(29)36-28(27)35-23-4-2-3-21(25(23)32)22-10-7-19(15-33-22)31-43-13-14-44-31/h2-10,15-16,31H,11-14,17H2,1H3,(H,35,36)(H,39,40). The van der Waals surface area contributed by atoms with Crippen LogP contribution in [0.1, 0.15) is 27.9 Å². The van der Waals surface area contributed by atoms with Crippen molar-refractivity contribution in [3.05, 3.63) is 88.8 Å². The third kappa shape index (κ3) is 5.12. The Morgan fingerprint density at radius 2 is 1.89 bits per heavy atom. The summed E-state index contributed by atoms with van der Waals surface area (Å²) in [6.45, 7) is 2.57. The van der Waals surface area contributed by atoms with Gasteiger partial charge in [-0.3, -0.25) is 4.98 Å². The summed E-state index contributed by atoms with van der Waals surface area (Å²) >= 11 is 6.93. The Bertz CT molecular complexity index is 1840. The number of ether oxygens (including phenoxy) is 4. The average Bonchev–Trinajstić information content (AvgIpc) is 3.74. The van der Waals surface area contributed by atoms with Gasteiger partial charge in [0.2, 0.25) is 0 Å². The SMILES string of the molecule is COc1ccc(CN2CCOc3c(Nc4cccc(-c5ccc(C6OCCO6)cn5)c4Cl)nn4c(C(=O)O)cnc4c32)cc1. The fourth-order valence-electron chi connectivity index (χ4n) is 5.30. The number of imidazole rings is 1. The number of aromatic carboxylic acids is 1. The Labute approximate surface area is 256 Å². The molecule has 5 aromatic rings. The lowest BCUT2D eigenvalue weighted by atomic mass is 10.1. The lowest BCUT2D eigenvalue weighted by Gasteiger charge is -2.32. The van der Waals surface area contributed by atoms with Gasteiger partial charge in [0.25, 0.3) is 0 Å². The Morgan fingerprint density at radius 3 is 2.61 bits per heavy atom. The summed E-state index contributed by atoms with van der Waals surface area (Å²) in [4.78, 5) is 23.2. The second-order valence-corrected chi connectivity index (χ2v) is 10.5. The van der Waals surface area contributed by atoms with Crippen molar-refractivity contribution in [1.82, 2.24) is 19.6 Å². The summed E-state index contributed by atoms with van der Waals surface area (Å²) in [5.74, 6) is 0.346. The number of aromatic nitrogens is 4. The number of halogens is 1. The zero-order chi connectivity index (χ0) is 30.2. The molecule has 44 heavy (non-hydrogen) atoms. The van der Waals surface area contributed by atoms with E-state index in [1.165, 1.54) is 10.7 Å². The van der Waals surface area contributed by atoms with Crippen LogP contribution in [0.15, 0.2) is 67.0 Å². The van der Waals surface area contributed by atoms with Crippen LogP contribution < -0.4 is 19.7 Å². The number of rotatable bonds is 8. The molecule has 224 valence electrons. The molecule has 0 saturated carbocycles. The lowest BCUT2D eigenvalue weighted by Crippen LogP contribution is -2.33. The van der Waals surface area contributed by atoms with Crippen molar-refractivity contribution < 1.29 is 28.8 Å². The van der Waals surface area contributed by atoms with Gasteiger partial charge in [-0.15, -0.1) is 5.10 Å². The minimum Gasteiger partial charge on any atom is -0.497 e. The van der Waals surface area contributed by atoms with E-state index in [-0.39, 0.29) is 5.69 Å². The van der Waals surface area contributed by atoms with Gasteiger partial charge in [-0.25, -0.2) is 14.3 Å². The summed E-state index contributed by atoms with van der Waals surface area (Å²) in [6, 6.07) is 17.1. The number of nitrogens with zero attached hydrogens (tertiary/aromatic N) is 5. The molecule has 1 saturated heterocycles. The highest BCUT2D eigenvalue weighted by Gasteiger charge is 2.30. The van der Waals surface area contributed by atoms with E-state index >= 15 is 0 Å². The first-order valence-corrected chi connectivity index (χ1v) is 14.3. The van der Waals surface area contributed by atoms with Crippen LogP contribution in [0.5, 0.6) is 11.5 Å². The number of hydrogen-bond donors (Lipinski definition) is 2. The highest BCUT2D eigenvalue weighted by molar-refractivity contribution is 6.36. The first-order chi connectivity index (χ1) is 21.5. The molecule has 2 aromatic carbocycles. The molecule has 0 bridgehead atoms. The van der Waals surface area contributed by atoms with Crippen molar-refractivity contribution in [2.45, 2.75) is 12.8 Å². The van der Waals surface area contributed by atoms with E-state index in [1.54, 1.807) is 13.3 Å². The van der Waals surface area contributed by atoms with E-state index in [0.717, 1.165) is 16.9 Å². The highest BCUT2D eigenvalue weighted by atomic mass is 35.5. The maximum absolute atomic E-state index is 12.1. The number of hydrogen-bond acceptors (Lipinski definition) is 10. The third-order valence-corrected chi connectivity index (χ3v) is 7.87. The van der Waals surface area contributed by atoms with Crippen molar-refractivity contribution in [3.63, 3.8) is 0 Å². The van der Waals surface area contributed by atoms with Crippen LogP contribution >= 0.6 is 11.6 Å². The largest absolute Gasteiger partial charge is 0.497 e. The number of methoxy groups -OCH3 is 1. The van der Waals surface area contributed by atoms with Gasteiger partial charge in [0.1, 0.15) is 18.0 Å². The molecule has 5 heterocycles. The Balaban J connectivity index is 1.27. The van der Waals surface area contributed by atoms with Crippen LogP contribution in [-0.4, -0.2) is 64.1 Å². The van der Waals surface area contributed by atoms with Gasteiger partial charge in [0, 0.05) is 23.9 Å². The molecule has 3 aromatic heterocycles. The van der Waals surface area contributed by atoms with Crippen molar-refractivity contribution in [2.24, 2.45) is 0 Å².